The van der Waals surface area contributed by atoms with Gasteiger partial charge in [-0.05, 0) is 29.5 Å². The van der Waals surface area contributed by atoms with Crippen LogP contribution in [0.1, 0.15) is 37.2 Å². The number of nitrogens with two attached hydrogens (primary N) is 2. The van der Waals surface area contributed by atoms with Crippen molar-refractivity contribution in [2.75, 3.05) is 0 Å². The standard InChI is InChI=1S/C14H18N2/c15-8-9-4-3-7-11-10-5-1-2-6-12(10)14(16)13(9)11/h3-4,7-8,10,12H,1-2,5-6,15-16H2/b9-8-. The average molecular weight is 214 g/mol. The molecule has 1 fully saturated rings. The van der Waals surface area contributed by atoms with Gasteiger partial charge in [-0.25, -0.2) is 0 Å². The third-order valence-corrected chi connectivity index (χ3v) is 4.16. The topological polar surface area (TPSA) is 52.0 Å². The molecule has 0 bridgehead atoms. The maximum Gasteiger partial charge on any atom is 0.0201 e. The molecule has 4 N–H and O–H groups in total. The van der Waals surface area contributed by atoms with Crippen LogP contribution in [0.25, 0.3) is 11.9 Å². The van der Waals surface area contributed by atoms with Crippen LogP contribution in [0.2, 0.25) is 0 Å². The highest BCUT2D eigenvalue weighted by atomic mass is 14.6. The van der Waals surface area contributed by atoms with Crippen molar-refractivity contribution >= 4 is 11.9 Å². The Hall–Kier alpha value is -1.44. The van der Waals surface area contributed by atoms with Crippen LogP contribution in [-0.4, -0.2) is 0 Å². The Morgan fingerprint density at radius 1 is 1.12 bits per heavy atom. The van der Waals surface area contributed by atoms with E-state index >= 15 is 0 Å². The highest BCUT2D eigenvalue weighted by molar-refractivity contribution is 5.56. The molecule has 84 valence electrons. The van der Waals surface area contributed by atoms with Crippen LogP contribution in [0.3, 0.4) is 0 Å². The fourth-order valence-electron chi connectivity index (χ4n) is 3.43. The fraction of sp³-hybridized carbons (Fsp3) is 0.429. The summed E-state index contributed by atoms with van der Waals surface area (Å²) in [6.07, 6.45) is 6.87. The van der Waals surface area contributed by atoms with Gasteiger partial charge in [0.15, 0.2) is 0 Å². The number of rotatable bonds is 0. The van der Waals surface area contributed by atoms with Crippen molar-refractivity contribution < 1.29 is 0 Å². The second-order valence-electron chi connectivity index (χ2n) is 4.93. The number of benzene rings is 1. The van der Waals surface area contributed by atoms with Gasteiger partial charge in [0.2, 0.25) is 0 Å². The molecule has 0 heterocycles. The molecule has 1 saturated carbocycles. The van der Waals surface area contributed by atoms with E-state index in [1.165, 1.54) is 36.5 Å². The summed E-state index contributed by atoms with van der Waals surface area (Å²) in [5.74, 6) is 1.23. The summed E-state index contributed by atoms with van der Waals surface area (Å²) < 4.78 is 0. The Kier molecular flexibility index (Phi) is 2.16. The first-order valence-corrected chi connectivity index (χ1v) is 6.13. The first kappa shape index (κ1) is 9.76. The van der Waals surface area contributed by atoms with Crippen LogP contribution in [0, 0.1) is 5.92 Å². The molecule has 2 aliphatic rings. The normalized spacial score (nSPS) is 29.0. The van der Waals surface area contributed by atoms with Gasteiger partial charge in [-0.1, -0.05) is 31.0 Å². The van der Waals surface area contributed by atoms with Gasteiger partial charge in [0, 0.05) is 23.0 Å². The molecular formula is C14H18N2. The number of hydrogen-bond donors (Lipinski definition) is 2. The third kappa shape index (κ3) is 1.19. The lowest BCUT2D eigenvalue weighted by molar-refractivity contribution is 0.378. The number of fused-ring (bicyclic) bond motifs is 3. The van der Waals surface area contributed by atoms with Gasteiger partial charge in [-0.3, -0.25) is 0 Å². The minimum atomic E-state index is 0.574. The van der Waals surface area contributed by atoms with E-state index in [4.69, 9.17) is 11.5 Å². The lowest BCUT2D eigenvalue weighted by Crippen LogP contribution is -2.31. The molecule has 2 nitrogen and oxygen atoms in total. The highest BCUT2D eigenvalue weighted by Crippen LogP contribution is 2.42. The van der Waals surface area contributed by atoms with Crippen molar-refractivity contribution in [3.8, 4) is 0 Å². The molecule has 16 heavy (non-hydrogen) atoms. The molecule has 0 spiro atoms. The lowest BCUT2D eigenvalue weighted by Gasteiger charge is -2.27. The van der Waals surface area contributed by atoms with E-state index in [9.17, 15) is 0 Å². The van der Waals surface area contributed by atoms with Gasteiger partial charge in [0.05, 0.1) is 0 Å². The van der Waals surface area contributed by atoms with Gasteiger partial charge in [-0.2, -0.15) is 0 Å². The Bertz CT molecular complexity index is 530. The molecule has 2 aliphatic carbocycles. The Labute approximate surface area is 95.6 Å². The first-order chi connectivity index (χ1) is 7.83. The van der Waals surface area contributed by atoms with E-state index < -0.39 is 0 Å². The van der Waals surface area contributed by atoms with Crippen molar-refractivity contribution in [2.24, 2.45) is 17.4 Å². The van der Waals surface area contributed by atoms with Gasteiger partial charge in [0.25, 0.3) is 0 Å². The summed E-state index contributed by atoms with van der Waals surface area (Å²) in [6.45, 7) is 0. The van der Waals surface area contributed by atoms with Crippen molar-refractivity contribution in [3.05, 3.63) is 34.2 Å². The summed E-state index contributed by atoms with van der Waals surface area (Å²) in [5.41, 5.74) is 14.5. The second-order valence-corrected chi connectivity index (χ2v) is 4.93. The molecular weight excluding hydrogens is 196 g/mol. The molecule has 0 amide bonds. The minimum absolute atomic E-state index is 0.574. The molecule has 0 saturated heterocycles. The highest BCUT2D eigenvalue weighted by Gasteiger charge is 2.34. The Morgan fingerprint density at radius 2 is 1.88 bits per heavy atom. The van der Waals surface area contributed by atoms with Crippen LogP contribution in [0.15, 0.2) is 18.2 Å². The fourth-order valence-corrected chi connectivity index (χ4v) is 3.43. The maximum atomic E-state index is 6.32. The Morgan fingerprint density at radius 3 is 2.62 bits per heavy atom. The van der Waals surface area contributed by atoms with Crippen molar-refractivity contribution in [1.82, 2.24) is 0 Å². The van der Waals surface area contributed by atoms with Crippen molar-refractivity contribution in [3.63, 3.8) is 0 Å². The van der Waals surface area contributed by atoms with E-state index in [-0.39, 0.29) is 0 Å². The smallest absolute Gasteiger partial charge is 0.0201 e. The average Bonchev–Trinajstić information content (AvgIpc) is 2.64. The molecule has 0 radical (unpaired) electrons. The van der Waals surface area contributed by atoms with Crippen LogP contribution in [0.4, 0.5) is 0 Å². The van der Waals surface area contributed by atoms with Gasteiger partial charge in [-0.15, -0.1) is 0 Å². The van der Waals surface area contributed by atoms with Crippen LogP contribution in [0.5, 0.6) is 0 Å². The predicted molar refractivity (Wildman–Crippen MR) is 66.6 cm³/mol. The predicted octanol–water partition coefficient (Wildman–Crippen LogP) is 0.738. The monoisotopic (exact) mass is 214 g/mol. The van der Waals surface area contributed by atoms with Crippen molar-refractivity contribution in [1.29, 1.82) is 0 Å². The summed E-state index contributed by atoms with van der Waals surface area (Å²) in [6, 6.07) is 6.38. The van der Waals surface area contributed by atoms with Crippen LogP contribution < -0.4 is 21.9 Å². The summed E-state index contributed by atoms with van der Waals surface area (Å²) >= 11 is 0. The van der Waals surface area contributed by atoms with Gasteiger partial charge >= 0.3 is 0 Å². The second kappa shape index (κ2) is 3.55. The van der Waals surface area contributed by atoms with Crippen LogP contribution >= 0.6 is 0 Å². The molecule has 0 aromatic heterocycles. The van der Waals surface area contributed by atoms with E-state index in [1.807, 2.05) is 0 Å². The first-order valence-electron chi connectivity index (χ1n) is 6.13. The summed E-state index contributed by atoms with van der Waals surface area (Å²) in [4.78, 5) is 0. The van der Waals surface area contributed by atoms with Gasteiger partial charge in [0.1, 0.15) is 0 Å². The van der Waals surface area contributed by atoms with E-state index in [0.717, 1.165) is 10.9 Å². The van der Waals surface area contributed by atoms with Crippen molar-refractivity contribution in [2.45, 2.75) is 31.6 Å². The van der Waals surface area contributed by atoms with E-state index in [2.05, 4.69) is 18.2 Å². The molecule has 0 aliphatic heterocycles. The molecule has 2 unspecified atom stereocenters. The van der Waals surface area contributed by atoms with Gasteiger partial charge < -0.3 is 11.5 Å². The summed E-state index contributed by atoms with van der Waals surface area (Å²) in [7, 11) is 0. The Balaban J connectivity index is 2.29. The van der Waals surface area contributed by atoms with E-state index in [0.29, 0.717) is 11.8 Å². The quantitative estimate of drug-likeness (QED) is 0.669. The number of hydrogen-bond acceptors (Lipinski definition) is 2. The molecule has 3 rings (SSSR count). The zero-order valence-corrected chi connectivity index (χ0v) is 9.45. The molecule has 1 aromatic rings. The lowest BCUT2D eigenvalue weighted by atomic mass is 9.78. The zero-order valence-electron chi connectivity index (χ0n) is 9.45. The van der Waals surface area contributed by atoms with Crippen LogP contribution in [-0.2, 0) is 0 Å². The summed E-state index contributed by atoms with van der Waals surface area (Å²) in [5, 5.41) is 2.34. The minimum Gasteiger partial charge on any atom is -0.404 e. The van der Waals surface area contributed by atoms with E-state index in [1.54, 1.807) is 6.20 Å². The molecule has 2 heteroatoms. The molecule has 1 aromatic carbocycles. The largest absolute Gasteiger partial charge is 0.404 e. The third-order valence-electron chi connectivity index (χ3n) is 4.16. The zero-order chi connectivity index (χ0) is 11.1. The maximum absolute atomic E-state index is 6.32. The molecule has 2 atom stereocenters. The SMILES string of the molecule is N/C=c1/cccc2c1=C(N)C1CCCCC21.